The second-order valence-corrected chi connectivity index (χ2v) is 12.9. The van der Waals surface area contributed by atoms with Crippen LogP contribution in [0, 0.1) is 0 Å². The Balaban J connectivity index is 0.000000178. The smallest absolute Gasteiger partial charge is 0.167 e. The molecule has 246 valence electrons. The number of nitrogens with zero attached hydrogens (tertiary/aromatic N) is 9. The molecule has 0 spiro atoms. The van der Waals surface area contributed by atoms with Crippen LogP contribution in [0.25, 0.3) is 22.3 Å². The fourth-order valence-electron chi connectivity index (χ4n) is 5.54. The summed E-state index contributed by atoms with van der Waals surface area (Å²) in [5, 5.41) is 23.8. The van der Waals surface area contributed by atoms with E-state index in [-0.39, 0.29) is 29.2 Å². The van der Waals surface area contributed by atoms with E-state index in [1.165, 1.54) is 12.7 Å². The summed E-state index contributed by atoms with van der Waals surface area (Å²) in [5.74, 6) is 1.39. The molecule has 2 saturated heterocycles. The van der Waals surface area contributed by atoms with E-state index in [0.717, 1.165) is 5.82 Å². The molecule has 12 atom stereocenters. The molecule has 3 N–H and O–H groups in total. The molecule has 0 amide bonds. The number of hydrogen-bond acceptors (Lipinski definition) is 14. The number of hydrogen-bond donors (Lipinski definition) is 3. The minimum Gasteiger partial charge on any atom is -0.387 e. The Kier molecular flexibility index (Phi) is 11.8. The predicted molar refractivity (Wildman–Crippen MR) is 181 cm³/mol. The van der Waals surface area contributed by atoms with Gasteiger partial charge in [-0.05, 0) is 12.8 Å². The number of aromatic nitrogens is 8. The van der Waals surface area contributed by atoms with Gasteiger partial charge in [0.1, 0.15) is 42.6 Å². The van der Waals surface area contributed by atoms with Gasteiger partial charge in [0.25, 0.3) is 0 Å². The second kappa shape index (κ2) is 15.4. The summed E-state index contributed by atoms with van der Waals surface area (Å²) in [6.07, 6.45) is 4.02. The van der Waals surface area contributed by atoms with E-state index < -0.39 is 36.9 Å². The molecule has 16 nitrogen and oxygen atoms in total. The molecule has 4 aromatic rings. The molecule has 45 heavy (non-hydrogen) atoms. The maximum atomic E-state index is 10.4. The summed E-state index contributed by atoms with van der Waals surface area (Å²) in [6.45, 7) is 3.96. The Morgan fingerprint density at radius 1 is 0.822 bits per heavy atom. The highest BCUT2D eigenvalue weighted by Gasteiger charge is 2.46. The van der Waals surface area contributed by atoms with Gasteiger partial charge in [-0.15, -0.1) is 0 Å². The highest BCUT2D eigenvalue weighted by molar-refractivity contribution is 8.00. The fraction of sp³-hybridized carbons (Fsp3) is 0.600. The molecule has 0 bridgehead atoms. The molecule has 2 fully saturated rings. The number of ether oxygens (including phenoxy) is 2. The molecule has 20 heteroatoms. The van der Waals surface area contributed by atoms with Gasteiger partial charge in [-0.3, -0.25) is 9.13 Å². The third-order valence-electron chi connectivity index (χ3n) is 7.75. The molecular formula is C25H40N10O6P4. The van der Waals surface area contributed by atoms with Crippen molar-refractivity contribution in [1.29, 1.82) is 0 Å². The summed E-state index contributed by atoms with van der Waals surface area (Å²) >= 11 is 0. The first kappa shape index (κ1) is 34.5. The Hall–Kier alpha value is -1.82. The molecule has 0 saturated carbocycles. The number of aliphatic hydroxyl groups is 2. The topological polar surface area (TPSA) is 180 Å². The molecule has 6 heterocycles. The number of aliphatic hydroxyl groups excluding tert-OH is 2. The summed E-state index contributed by atoms with van der Waals surface area (Å²) in [6, 6.07) is 0. The normalized spacial score (nSPS) is 28.6. The van der Waals surface area contributed by atoms with Crippen molar-refractivity contribution in [2.75, 3.05) is 31.4 Å². The lowest BCUT2D eigenvalue weighted by Crippen LogP contribution is -2.32. The number of imidazole rings is 2. The lowest BCUT2D eigenvalue weighted by molar-refractivity contribution is -0.0281. The molecule has 0 radical (unpaired) electrons. The Morgan fingerprint density at radius 2 is 1.31 bits per heavy atom. The van der Waals surface area contributed by atoms with Crippen molar-refractivity contribution in [1.82, 2.24) is 39.0 Å². The first-order valence-corrected chi connectivity index (χ1v) is 19.8. The zero-order valence-corrected chi connectivity index (χ0v) is 29.9. The van der Waals surface area contributed by atoms with Crippen LogP contribution in [0.5, 0.6) is 0 Å². The van der Waals surface area contributed by atoms with Gasteiger partial charge in [0.15, 0.2) is 40.9 Å². The minimum atomic E-state index is -0.675. The van der Waals surface area contributed by atoms with E-state index in [9.17, 15) is 10.2 Å². The summed E-state index contributed by atoms with van der Waals surface area (Å²) in [7, 11) is 11.0. The van der Waals surface area contributed by atoms with Crippen LogP contribution in [0.15, 0.2) is 25.3 Å². The Morgan fingerprint density at radius 3 is 1.78 bits per heavy atom. The average molecular weight is 701 g/mol. The van der Waals surface area contributed by atoms with Crippen molar-refractivity contribution in [3.63, 3.8) is 0 Å². The van der Waals surface area contributed by atoms with Crippen molar-refractivity contribution >= 4 is 68.8 Å². The summed E-state index contributed by atoms with van der Waals surface area (Å²) in [5.41, 5.74) is 2.67. The third-order valence-corrected chi connectivity index (χ3v) is 9.38. The Bertz CT molecular complexity index is 1570. The maximum absolute atomic E-state index is 10.4. The van der Waals surface area contributed by atoms with Gasteiger partial charge in [-0.25, -0.2) is 29.9 Å². The van der Waals surface area contributed by atoms with Crippen LogP contribution >= 0.6 is 34.8 Å². The average Bonchev–Trinajstić information content (AvgIpc) is 3.82. The maximum Gasteiger partial charge on any atom is 0.167 e. The van der Waals surface area contributed by atoms with Crippen LogP contribution in [-0.2, 0) is 18.5 Å². The van der Waals surface area contributed by atoms with Gasteiger partial charge >= 0.3 is 0 Å². The lowest BCUT2D eigenvalue weighted by Gasteiger charge is -2.21. The van der Waals surface area contributed by atoms with Crippen molar-refractivity contribution in [2.24, 2.45) is 0 Å². The van der Waals surface area contributed by atoms with Crippen LogP contribution in [-0.4, -0.2) is 107 Å². The molecule has 4 aromatic heterocycles. The standard InChI is InChI=1S/C13H21N5O3P2.C12H19N5O3P2/c1-4-7-9(19)10(21-23-22)13(20-7)18-6-16-8-11(17(2)3)14-5-15-12(8)18;1-3-6-8(18)9(20-22-21)12(19-6)17-5-16-7-10(13-2)14-4-15-11(7)17/h5-7,9-10,13,19,23H,4,22H2,1-3H3;4-6,8-9,12,18,22H,3,21H2,1-2H3,(H,13,14,15)/t7-,9+,10?,13-;6-,8+,9?,12-/m11/s1. The molecule has 0 aromatic carbocycles. The number of nitrogens with one attached hydrogen (secondary N) is 1. The van der Waals surface area contributed by atoms with Crippen LogP contribution in [0.1, 0.15) is 39.1 Å². The zero-order chi connectivity index (χ0) is 32.2. The van der Waals surface area contributed by atoms with Gasteiger partial charge in [-0.2, -0.15) is 0 Å². The lowest BCUT2D eigenvalue weighted by atomic mass is 10.1. The van der Waals surface area contributed by atoms with Crippen molar-refractivity contribution in [3.05, 3.63) is 25.3 Å². The summed E-state index contributed by atoms with van der Waals surface area (Å²) in [4.78, 5) is 27.7. The van der Waals surface area contributed by atoms with E-state index in [4.69, 9.17) is 18.5 Å². The number of fused-ring (bicyclic) bond motifs is 2. The largest absolute Gasteiger partial charge is 0.387 e. The van der Waals surface area contributed by atoms with Crippen molar-refractivity contribution in [2.45, 2.75) is 75.8 Å². The molecule has 2 aliphatic heterocycles. The van der Waals surface area contributed by atoms with E-state index in [1.54, 1.807) is 24.3 Å². The first-order chi connectivity index (χ1) is 21.8. The van der Waals surface area contributed by atoms with Gasteiger partial charge < -0.3 is 39.0 Å². The van der Waals surface area contributed by atoms with Crippen molar-refractivity contribution < 1.29 is 28.7 Å². The van der Waals surface area contributed by atoms with Crippen LogP contribution in [0.3, 0.4) is 0 Å². The predicted octanol–water partition coefficient (Wildman–Crippen LogP) is 2.63. The molecule has 6 unspecified atom stereocenters. The van der Waals surface area contributed by atoms with E-state index in [2.05, 4.69) is 53.1 Å². The Labute approximate surface area is 268 Å². The van der Waals surface area contributed by atoms with Crippen LogP contribution < -0.4 is 10.2 Å². The van der Waals surface area contributed by atoms with Gasteiger partial charge in [0.2, 0.25) is 0 Å². The number of rotatable bonds is 10. The second-order valence-electron chi connectivity index (χ2n) is 10.5. The van der Waals surface area contributed by atoms with E-state index >= 15 is 0 Å². The third kappa shape index (κ3) is 6.79. The highest BCUT2D eigenvalue weighted by Crippen LogP contribution is 2.41. The number of anilines is 2. The monoisotopic (exact) mass is 700 g/mol. The minimum absolute atomic E-state index is 0.182. The van der Waals surface area contributed by atoms with E-state index in [0.29, 0.717) is 41.0 Å². The quantitative estimate of drug-likeness (QED) is 0.206. The first-order valence-electron chi connectivity index (χ1n) is 14.4. The molecule has 0 aliphatic carbocycles. The molecule has 2 aliphatic rings. The summed E-state index contributed by atoms with van der Waals surface area (Å²) < 4.78 is 27.0. The fourth-order valence-corrected chi connectivity index (χ4v) is 7.31. The molecule has 6 rings (SSSR count). The van der Waals surface area contributed by atoms with Gasteiger partial charge in [0, 0.05) is 38.1 Å². The van der Waals surface area contributed by atoms with Gasteiger partial charge in [-0.1, -0.05) is 31.7 Å². The zero-order valence-electron chi connectivity index (χ0n) is 25.5. The van der Waals surface area contributed by atoms with Crippen molar-refractivity contribution in [3.8, 4) is 0 Å². The van der Waals surface area contributed by atoms with E-state index in [1.807, 2.05) is 37.4 Å². The molecular weight excluding hydrogens is 660 g/mol. The van der Waals surface area contributed by atoms with Crippen LogP contribution in [0.4, 0.5) is 11.6 Å². The SMILES string of the molecule is CC[C@H]1O[C@@H](n2cnc3c(N(C)C)ncnc32)C(OPP)[C@H]1O.CC[C@H]1O[C@@H](n2cnc3c(NC)ncnc32)C(OPP)[C@H]1O. The highest BCUT2D eigenvalue weighted by atomic mass is 32.0. The van der Waals surface area contributed by atoms with Crippen LogP contribution in [0.2, 0.25) is 0 Å². The van der Waals surface area contributed by atoms with Gasteiger partial charge in [0.05, 0.1) is 24.9 Å².